The van der Waals surface area contributed by atoms with Crippen LogP contribution in [0.2, 0.25) is 0 Å². The lowest BCUT2D eigenvalue weighted by atomic mass is 10.1. The van der Waals surface area contributed by atoms with E-state index in [1.807, 2.05) is 6.07 Å². The van der Waals surface area contributed by atoms with Gasteiger partial charge in [0.15, 0.2) is 0 Å². The van der Waals surface area contributed by atoms with E-state index in [2.05, 4.69) is 20.2 Å². The van der Waals surface area contributed by atoms with Crippen LogP contribution in [0.25, 0.3) is 0 Å². The van der Waals surface area contributed by atoms with Gasteiger partial charge < -0.3 is 10.2 Å². The number of hydrogen-bond acceptors (Lipinski definition) is 4. The molecule has 1 aliphatic rings. The van der Waals surface area contributed by atoms with Crippen molar-refractivity contribution in [2.45, 2.75) is 25.8 Å². The second-order valence-electron chi connectivity index (χ2n) is 5.71. The number of nitrogens with one attached hydrogen (secondary N) is 1. The molecule has 1 aromatic heterocycles. The number of carbonyl (C=O) groups excluding carboxylic acids is 1. The molecule has 24 heavy (non-hydrogen) atoms. The van der Waals surface area contributed by atoms with Crippen LogP contribution in [0.1, 0.15) is 24.2 Å². The average Bonchev–Trinajstić information content (AvgIpc) is 3.10. The van der Waals surface area contributed by atoms with E-state index in [0.29, 0.717) is 5.82 Å². The zero-order valence-corrected chi connectivity index (χ0v) is 13.1. The van der Waals surface area contributed by atoms with Gasteiger partial charge in [-0.25, -0.2) is 18.7 Å². The quantitative estimate of drug-likeness (QED) is 0.912. The highest BCUT2D eigenvalue weighted by molar-refractivity contribution is 5.78. The summed E-state index contributed by atoms with van der Waals surface area (Å²) in [5, 5.41) is 2.66. The Morgan fingerprint density at radius 1 is 1.21 bits per heavy atom. The third-order valence-electron chi connectivity index (χ3n) is 3.93. The summed E-state index contributed by atoms with van der Waals surface area (Å²) < 4.78 is 26.4. The van der Waals surface area contributed by atoms with Crippen molar-refractivity contribution in [2.24, 2.45) is 0 Å². The van der Waals surface area contributed by atoms with Crippen LogP contribution in [0.3, 0.4) is 0 Å². The number of nitrogens with zero attached hydrogens (tertiary/aromatic N) is 3. The maximum atomic E-state index is 13.5. The van der Waals surface area contributed by atoms with E-state index in [9.17, 15) is 13.6 Å². The predicted octanol–water partition coefficient (Wildman–Crippen LogP) is 2.21. The second kappa shape index (κ2) is 7.33. The second-order valence-corrected chi connectivity index (χ2v) is 5.71. The Morgan fingerprint density at radius 2 is 2.00 bits per heavy atom. The summed E-state index contributed by atoms with van der Waals surface area (Å²) >= 11 is 0. The number of benzene rings is 1. The fourth-order valence-corrected chi connectivity index (χ4v) is 2.67. The molecule has 0 unspecified atom stereocenters. The lowest BCUT2D eigenvalue weighted by Crippen LogP contribution is -2.26. The first kappa shape index (κ1) is 16.3. The number of hydrogen-bond donors (Lipinski definition) is 1. The highest BCUT2D eigenvalue weighted by Gasteiger charge is 2.14. The van der Waals surface area contributed by atoms with Crippen LogP contribution in [0.15, 0.2) is 30.5 Å². The van der Waals surface area contributed by atoms with Crippen molar-refractivity contribution in [1.82, 2.24) is 15.3 Å². The van der Waals surface area contributed by atoms with Gasteiger partial charge in [-0.2, -0.15) is 0 Å². The Hall–Kier alpha value is -2.57. The zero-order chi connectivity index (χ0) is 16.9. The Labute approximate surface area is 138 Å². The molecule has 0 radical (unpaired) electrons. The van der Waals surface area contributed by atoms with Gasteiger partial charge in [0.2, 0.25) is 5.91 Å². The van der Waals surface area contributed by atoms with Crippen molar-refractivity contribution in [2.75, 3.05) is 18.0 Å². The summed E-state index contributed by atoms with van der Waals surface area (Å²) in [7, 11) is 0. The molecule has 2 heterocycles. The number of carbonyl (C=O) groups is 1. The van der Waals surface area contributed by atoms with E-state index in [1.54, 1.807) is 6.20 Å². The third-order valence-corrected chi connectivity index (χ3v) is 3.93. The maximum Gasteiger partial charge on any atom is 0.224 e. The van der Waals surface area contributed by atoms with Crippen molar-refractivity contribution < 1.29 is 13.6 Å². The summed E-state index contributed by atoms with van der Waals surface area (Å²) in [5.74, 6) is -0.388. The molecule has 0 bridgehead atoms. The summed E-state index contributed by atoms with van der Waals surface area (Å²) in [6, 6.07) is 5.03. The Morgan fingerprint density at radius 3 is 2.75 bits per heavy atom. The molecular formula is C17H18F2N4O. The van der Waals surface area contributed by atoms with Crippen molar-refractivity contribution in [1.29, 1.82) is 0 Å². The van der Waals surface area contributed by atoms with E-state index < -0.39 is 11.6 Å². The molecule has 1 aromatic carbocycles. The molecule has 126 valence electrons. The monoisotopic (exact) mass is 332 g/mol. The van der Waals surface area contributed by atoms with Crippen LogP contribution in [-0.4, -0.2) is 29.0 Å². The Balaban J connectivity index is 1.57. The Bertz CT molecular complexity index is 732. The van der Waals surface area contributed by atoms with Gasteiger partial charge >= 0.3 is 0 Å². The van der Waals surface area contributed by atoms with Gasteiger partial charge in [0.25, 0.3) is 0 Å². The first-order valence-corrected chi connectivity index (χ1v) is 7.89. The normalized spacial score (nSPS) is 14.0. The van der Waals surface area contributed by atoms with Crippen molar-refractivity contribution in [3.05, 3.63) is 53.5 Å². The fraction of sp³-hybridized carbons (Fsp3) is 0.353. The Kier molecular flexibility index (Phi) is 4.98. The van der Waals surface area contributed by atoms with Gasteiger partial charge in [-0.1, -0.05) is 6.07 Å². The van der Waals surface area contributed by atoms with Gasteiger partial charge in [-0.05, 0) is 30.5 Å². The molecule has 0 spiro atoms. The van der Waals surface area contributed by atoms with Gasteiger partial charge in [-0.3, -0.25) is 4.79 Å². The molecule has 1 aliphatic heterocycles. The molecule has 2 aromatic rings. The average molecular weight is 332 g/mol. The largest absolute Gasteiger partial charge is 0.357 e. The molecule has 1 N–H and O–H groups in total. The molecular weight excluding hydrogens is 314 g/mol. The van der Waals surface area contributed by atoms with Gasteiger partial charge in [0.1, 0.15) is 23.3 Å². The van der Waals surface area contributed by atoms with Crippen LogP contribution in [0, 0.1) is 11.6 Å². The molecule has 5 nitrogen and oxygen atoms in total. The molecule has 1 fully saturated rings. The van der Waals surface area contributed by atoms with Crippen LogP contribution in [-0.2, 0) is 17.8 Å². The highest BCUT2D eigenvalue weighted by atomic mass is 19.1. The lowest BCUT2D eigenvalue weighted by molar-refractivity contribution is -0.120. The number of halogens is 2. The SMILES string of the molecule is O=C(Cc1ccc(F)cc1F)NCc1nccc(N2CCCC2)n1. The molecule has 0 saturated carbocycles. The molecule has 3 rings (SSSR count). The van der Waals surface area contributed by atoms with E-state index in [0.717, 1.165) is 43.9 Å². The number of aromatic nitrogens is 2. The van der Waals surface area contributed by atoms with Crippen LogP contribution in [0.5, 0.6) is 0 Å². The highest BCUT2D eigenvalue weighted by Crippen LogP contribution is 2.16. The summed E-state index contributed by atoms with van der Waals surface area (Å²) in [5.41, 5.74) is 0.153. The van der Waals surface area contributed by atoms with Gasteiger partial charge in [0.05, 0.1) is 13.0 Å². The minimum Gasteiger partial charge on any atom is -0.357 e. The van der Waals surface area contributed by atoms with Crippen molar-refractivity contribution in [3.8, 4) is 0 Å². The number of anilines is 1. The van der Waals surface area contributed by atoms with Gasteiger partial charge in [-0.15, -0.1) is 0 Å². The minimum atomic E-state index is -0.725. The van der Waals surface area contributed by atoms with Crippen LogP contribution >= 0.6 is 0 Å². The van der Waals surface area contributed by atoms with Crippen LogP contribution < -0.4 is 10.2 Å². The number of amides is 1. The molecule has 0 atom stereocenters. The van der Waals surface area contributed by atoms with Gasteiger partial charge in [0, 0.05) is 25.4 Å². The topological polar surface area (TPSA) is 58.1 Å². The number of rotatable bonds is 5. The first-order valence-electron chi connectivity index (χ1n) is 7.89. The smallest absolute Gasteiger partial charge is 0.224 e. The van der Waals surface area contributed by atoms with E-state index >= 15 is 0 Å². The van der Waals surface area contributed by atoms with E-state index in [-0.39, 0.29) is 24.4 Å². The molecule has 1 saturated heterocycles. The maximum absolute atomic E-state index is 13.5. The summed E-state index contributed by atoms with van der Waals surface area (Å²) in [4.78, 5) is 22.7. The van der Waals surface area contributed by atoms with Crippen molar-refractivity contribution in [3.63, 3.8) is 0 Å². The third kappa shape index (κ3) is 4.04. The fourth-order valence-electron chi connectivity index (χ4n) is 2.67. The lowest BCUT2D eigenvalue weighted by Gasteiger charge is -2.16. The molecule has 7 heteroatoms. The summed E-state index contributed by atoms with van der Waals surface area (Å²) in [6.45, 7) is 2.13. The minimum absolute atomic E-state index is 0.153. The summed E-state index contributed by atoms with van der Waals surface area (Å²) in [6.07, 6.45) is 3.82. The van der Waals surface area contributed by atoms with E-state index in [4.69, 9.17) is 0 Å². The van der Waals surface area contributed by atoms with E-state index in [1.165, 1.54) is 6.07 Å². The molecule has 0 aliphatic carbocycles. The van der Waals surface area contributed by atoms with Crippen LogP contribution in [0.4, 0.5) is 14.6 Å². The zero-order valence-electron chi connectivity index (χ0n) is 13.1. The predicted molar refractivity (Wildman–Crippen MR) is 85.4 cm³/mol. The molecule has 1 amide bonds. The van der Waals surface area contributed by atoms with Crippen molar-refractivity contribution >= 4 is 11.7 Å². The first-order chi connectivity index (χ1) is 11.6. The standard InChI is InChI=1S/C17H18F2N4O/c18-13-4-3-12(14(19)10-13)9-17(24)21-11-15-20-6-5-16(22-15)23-7-1-2-8-23/h3-6,10H,1-2,7-9,11H2,(H,21,24).